The molecule has 3 N–H and O–H groups in total. The van der Waals surface area contributed by atoms with Crippen LogP contribution in [0.1, 0.15) is 36.5 Å². The van der Waals surface area contributed by atoms with E-state index in [2.05, 4.69) is 20.2 Å². The molecule has 0 radical (unpaired) electrons. The van der Waals surface area contributed by atoms with E-state index in [4.69, 9.17) is 4.74 Å². The van der Waals surface area contributed by atoms with Crippen LogP contribution in [-0.4, -0.2) is 50.3 Å². The largest absolute Gasteiger partial charge is 0.462 e. The van der Waals surface area contributed by atoms with Gasteiger partial charge < -0.3 is 10.1 Å². The molecule has 9 heteroatoms. The molecule has 0 aromatic carbocycles. The maximum Gasteiger partial charge on any atom is 0.342 e. The Bertz CT molecular complexity index is 580. The van der Waals surface area contributed by atoms with E-state index in [0.29, 0.717) is 19.0 Å². The zero-order chi connectivity index (χ0) is 15.3. The first-order valence-corrected chi connectivity index (χ1v) is 8.46. The molecule has 0 aliphatic heterocycles. The number of ether oxygens (including phenoxy) is 1. The molecule has 0 unspecified atom stereocenters. The van der Waals surface area contributed by atoms with Gasteiger partial charge in [-0.3, -0.25) is 5.10 Å². The fraction of sp³-hybridized carbons (Fsp3) is 0.667. The monoisotopic (exact) mass is 316 g/mol. The molecule has 1 aromatic rings. The highest BCUT2D eigenvalue weighted by Crippen LogP contribution is 2.18. The van der Waals surface area contributed by atoms with Crippen LogP contribution in [0.15, 0.2) is 11.2 Å². The number of aromatic amines is 1. The number of carbonyl (C=O) groups is 1. The minimum absolute atomic E-state index is 0.0829. The van der Waals surface area contributed by atoms with Gasteiger partial charge in [0.15, 0.2) is 5.03 Å². The van der Waals surface area contributed by atoms with Crippen molar-refractivity contribution in [3.05, 3.63) is 11.8 Å². The first-order chi connectivity index (χ1) is 10.0. The Kier molecular flexibility index (Phi) is 5.32. The number of carbonyl (C=O) groups excluding carboxylic acids is 1. The third kappa shape index (κ3) is 4.51. The van der Waals surface area contributed by atoms with Gasteiger partial charge in [-0.15, -0.1) is 0 Å². The van der Waals surface area contributed by atoms with Crippen LogP contribution in [0.3, 0.4) is 0 Å². The smallest absolute Gasteiger partial charge is 0.342 e. The Labute approximate surface area is 123 Å². The molecule has 8 nitrogen and oxygen atoms in total. The van der Waals surface area contributed by atoms with Gasteiger partial charge in [0.2, 0.25) is 0 Å². The lowest BCUT2D eigenvalue weighted by atomic mass is 10.4. The predicted octanol–water partition coefficient (Wildman–Crippen LogP) is 0.00680. The Balaban J connectivity index is 1.89. The normalized spacial score (nSPS) is 15.1. The van der Waals surface area contributed by atoms with E-state index in [9.17, 15) is 13.2 Å². The SMILES string of the molecule is CCOC(=O)c1cn[nH]c1S(=O)(=O)NCCCNC1CC1. The maximum atomic E-state index is 12.1. The Morgan fingerprint density at radius 2 is 2.24 bits per heavy atom. The molecule has 1 aromatic heterocycles. The molecule has 21 heavy (non-hydrogen) atoms. The second-order valence-electron chi connectivity index (χ2n) is 4.81. The van der Waals surface area contributed by atoms with E-state index in [1.807, 2.05) is 0 Å². The predicted molar refractivity (Wildman–Crippen MR) is 75.4 cm³/mol. The highest BCUT2D eigenvalue weighted by Gasteiger charge is 2.25. The maximum absolute atomic E-state index is 12.1. The molecule has 0 amide bonds. The lowest BCUT2D eigenvalue weighted by Gasteiger charge is -2.07. The number of nitrogens with one attached hydrogen (secondary N) is 3. The number of hydrogen-bond acceptors (Lipinski definition) is 6. The van der Waals surface area contributed by atoms with Gasteiger partial charge in [0.1, 0.15) is 5.56 Å². The molecule has 0 saturated heterocycles. The van der Waals surface area contributed by atoms with Crippen LogP contribution in [0.25, 0.3) is 0 Å². The molecule has 2 rings (SSSR count). The zero-order valence-corrected chi connectivity index (χ0v) is 12.7. The first-order valence-electron chi connectivity index (χ1n) is 6.98. The number of sulfonamides is 1. The standard InChI is InChI=1S/C12H20N4O4S/c1-2-20-12(17)10-8-14-16-11(10)21(18,19)15-7-3-6-13-9-4-5-9/h8-9,13,15H,2-7H2,1H3,(H,14,16). The second-order valence-corrected chi connectivity index (χ2v) is 6.52. The number of aromatic nitrogens is 2. The van der Waals surface area contributed by atoms with E-state index >= 15 is 0 Å². The third-order valence-electron chi connectivity index (χ3n) is 3.02. The lowest BCUT2D eigenvalue weighted by molar-refractivity contribution is 0.0522. The molecule has 1 aliphatic carbocycles. The Morgan fingerprint density at radius 3 is 2.90 bits per heavy atom. The van der Waals surface area contributed by atoms with Crippen LogP contribution in [0, 0.1) is 0 Å². The molecular formula is C12H20N4O4S. The van der Waals surface area contributed by atoms with Crippen molar-refractivity contribution in [3.63, 3.8) is 0 Å². The quantitative estimate of drug-likeness (QED) is 0.437. The molecule has 118 valence electrons. The van der Waals surface area contributed by atoms with Gasteiger partial charge >= 0.3 is 5.97 Å². The summed E-state index contributed by atoms with van der Waals surface area (Å²) in [6.07, 6.45) is 4.23. The van der Waals surface area contributed by atoms with E-state index in [0.717, 1.165) is 12.7 Å². The fourth-order valence-corrected chi connectivity index (χ4v) is 2.95. The average molecular weight is 316 g/mol. The number of rotatable bonds is 9. The number of esters is 1. The zero-order valence-electron chi connectivity index (χ0n) is 11.9. The number of nitrogens with zero attached hydrogens (tertiary/aromatic N) is 1. The molecule has 0 spiro atoms. The van der Waals surface area contributed by atoms with E-state index in [-0.39, 0.29) is 17.2 Å². The topological polar surface area (TPSA) is 113 Å². The van der Waals surface area contributed by atoms with Crippen LogP contribution in [-0.2, 0) is 14.8 Å². The van der Waals surface area contributed by atoms with Crippen molar-refractivity contribution in [3.8, 4) is 0 Å². The van der Waals surface area contributed by atoms with Gasteiger partial charge in [-0.05, 0) is 32.7 Å². The molecule has 1 heterocycles. The summed E-state index contributed by atoms with van der Waals surface area (Å²) < 4.78 is 31.5. The van der Waals surface area contributed by atoms with Crippen LogP contribution >= 0.6 is 0 Å². The van der Waals surface area contributed by atoms with Gasteiger partial charge in [0.25, 0.3) is 10.0 Å². The summed E-state index contributed by atoms with van der Waals surface area (Å²) in [5.74, 6) is -0.706. The lowest BCUT2D eigenvalue weighted by Crippen LogP contribution is -2.29. The number of H-pyrrole nitrogens is 1. The van der Waals surface area contributed by atoms with E-state index in [1.54, 1.807) is 6.92 Å². The number of hydrogen-bond donors (Lipinski definition) is 3. The van der Waals surface area contributed by atoms with Crippen molar-refractivity contribution in [1.82, 2.24) is 20.2 Å². The van der Waals surface area contributed by atoms with Crippen molar-refractivity contribution in [1.29, 1.82) is 0 Å². The van der Waals surface area contributed by atoms with Gasteiger partial charge in [0, 0.05) is 12.6 Å². The molecule has 1 fully saturated rings. The van der Waals surface area contributed by atoms with Gasteiger partial charge in [0.05, 0.1) is 12.8 Å². The highest BCUT2D eigenvalue weighted by molar-refractivity contribution is 7.89. The summed E-state index contributed by atoms with van der Waals surface area (Å²) in [6, 6.07) is 0.602. The summed E-state index contributed by atoms with van der Waals surface area (Å²) in [5.41, 5.74) is -0.0829. The van der Waals surface area contributed by atoms with Gasteiger partial charge in [-0.1, -0.05) is 0 Å². The van der Waals surface area contributed by atoms with Crippen LogP contribution in [0.4, 0.5) is 0 Å². The average Bonchev–Trinajstić information content (AvgIpc) is 3.11. The molecular weight excluding hydrogens is 296 g/mol. The van der Waals surface area contributed by atoms with Crippen molar-refractivity contribution in [2.45, 2.75) is 37.3 Å². The molecule has 1 saturated carbocycles. The summed E-state index contributed by atoms with van der Waals surface area (Å²) in [6.45, 7) is 2.88. The van der Waals surface area contributed by atoms with Crippen LogP contribution in [0.5, 0.6) is 0 Å². The molecule has 0 bridgehead atoms. The third-order valence-corrected chi connectivity index (χ3v) is 4.46. The van der Waals surface area contributed by atoms with Gasteiger partial charge in [-0.25, -0.2) is 17.9 Å². The Morgan fingerprint density at radius 1 is 1.48 bits per heavy atom. The molecule has 1 aliphatic rings. The van der Waals surface area contributed by atoms with Gasteiger partial charge in [-0.2, -0.15) is 5.10 Å². The van der Waals surface area contributed by atoms with Crippen LogP contribution < -0.4 is 10.0 Å². The summed E-state index contributed by atoms with van der Waals surface area (Å²) in [4.78, 5) is 11.6. The van der Waals surface area contributed by atoms with Crippen molar-refractivity contribution >= 4 is 16.0 Å². The summed E-state index contributed by atoms with van der Waals surface area (Å²) in [5, 5.41) is 8.99. The summed E-state index contributed by atoms with van der Waals surface area (Å²) in [7, 11) is -3.79. The second kappa shape index (κ2) is 7.01. The van der Waals surface area contributed by atoms with Crippen LogP contribution in [0.2, 0.25) is 0 Å². The fourth-order valence-electron chi connectivity index (χ4n) is 1.79. The molecule has 0 atom stereocenters. The highest BCUT2D eigenvalue weighted by atomic mass is 32.2. The minimum atomic E-state index is -3.79. The first kappa shape index (κ1) is 15.9. The van der Waals surface area contributed by atoms with Crippen molar-refractivity contribution in [2.75, 3.05) is 19.7 Å². The van der Waals surface area contributed by atoms with E-state index in [1.165, 1.54) is 12.8 Å². The van der Waals surface area contributed by atoms with E-state index < -0.39 is 16.0 Å². The van der Waals surface area contributed by atoms with Crippen molar-refractivity contribution < 1.29 is 17.9 Å². The minimum Gasteiger partial charge on any atom is -0.462 e. The van der Waals surface area contributed by atoms with Crippen molar-refractivity contribution in [2.24, 2.45) is 0 Å². The Hall–Kier alpha value is -1.45. The summed E-state index contributed by atoms with van der Waals surface area (Å²) >= 11 is 0.